The number of methoxy groups -OCH3 is 2. The Morgan fingerprint density at radius 1 is 0.938 bits per heavy atom. The van der Waals surface area contributed by atoms with Crippen LogP contribution in [-0.2, 0) is 0 Å². The summed E-state index contributed by atoms with van der Waals surface area (Å²) in [6.07, 6.45) is 3.47. The Morgan fingerprint density at radius 3 is 2.41 bits per heavy atom. The van der Waals surface area contributed by atoms with E-state index in [9.17, 15) is 4.39 Å². The average Bonchev–Trinajstić information content (AvgIpc) is 2.80. The van der Waals surface area contributed by atoms with Crippen LogP contribution in [0.3, 0.4) is 0 Å². The Bertz CT molecular complexity index is 1060. The van der Waals surface area contributed by atoms with Gasteiger partial charge in [0.05, 0.1) is 14.2 Å². The van der Waals surface area contributed by atoms with Crippen LogP contribution in [0.5, 0.6) is 11.5 Å². The lowest BCUT2D eigenvalue weighted by Gasteiger charge is -2.34. The van der Waals surface area contributed by atoms with Gasteiger partial charge < -0.3 is 25.0 Å². The molecule has 0 aliphatic carbocycles. The molecule has 7 nitrogen and oxygen atoms in total. The SMILES string of the molecule is COc1ccc(Nc2nc(Nc3ccc(OC)c(F)c3)cc(N3CCCCC3C)n2)cc1. The molecule has 1 fully saturated rings. The Balaban J connectivity index is 1.65. The van der Waals surface area contributed by atoms with Crippen molar-refractivity contribution in [2.45, 2.75) is 32.2 Å². The van der Waals surface area contributed by atoms with Crippen LogP contribution in [0.4, 0.5) is 33.3 Å². The zero-order valence-corrected chi connectivity index (χ0v) is 18.6. The molecule has 0 bridgehead atoms. The van der Waals surface area contributed by atoms with E-state index >= 15 is 0 Å². The van der Waals surface area contributed by atoms with Gasteiger partial charge in [0.2, 0.25) is 5.95 Å². The maximum absolute atomic E-state index is 14.2. The zero-order valence-electron chi connectivity index (χ0n) is 18.6. The second-order valence-corrected chi connectivity index (χ2v) is 7.80. The Hall–Kier alpha value is -3.55. The number of aromatic nitrogens is 2. The van der Waals surface area contributed by atoms with E-state index in [-0.39, 0.29) is 5.75 Å². The number of anilines is 5. The summed E-state index contributed by atoms with van der Waals surface area (Å²) in [5.41, 5.74) is 1.42. The van der Waals surface area contributed by atoms with E-state index in [2.05, 4.69) is 27.4 Å². The summed E-state index contributed by atoms with van der Waals surface area (Å²) < 4.78 is 24.4. The van der Waals surface area contributed by atoms with Gasteiger partial charge in [0.15, 0.2) is 11.6 Å². The van der Waals surface area contributed by atoms with Crippen molar-refractivity contribution in [2.75, 3.05) is 36.3 Å². The van der Waals surface area contributed by atoms with Crippen LogP contribution in [0.15, 0.2) is 48.5 Å². The Labute approximate surface area is 187 Å². The third-order valence-corrected chi connectivity index (χ3v) is 5.58. The van der Waals surface area contributed by atoms with E-state index in [1.54, 1.807) is 19.2 Å². The van der Waals surface area contributed by atoms with Crippen molar-refractivity contribution in [3.63, 3.8) is 0 Å². The molecule has 0 spiro atoms. The lowest BCUT2D eigenvalue weighted by molar-refractivity contribution is 0.386. The summed E-state index contributed by atoms with van der Waals surface area (Å²) in [4.78, 5) is 11.7. The van der Waals surface area contributed by atoms with E-state index in [1.165, 1.54) is 19.6 Å². The van der Waals surface area contributed by atoms with Crippen LogP contribution in [0.1, 0.15) is 26.2 Å². The second kappa shape index (κ2) is 9.72. The van der Waals surface area contributed by atoms with Gasteiger partial charge in [-0.3, -0.25) is 0 Å². The van der Waals surface area contributed by atoms with E-state index in [0.29, 0.717) is 23.5 Å². The molecule has 1 saturated heterocycles. The van der Waals surface area contributed by atoms with Crippen molar-refractivity contribution in [1.29, 1.82) is 0 Å². The predicted molar refractivity (Wildman–Crippen MR) is 125 cm³/mol. The normalized spacial score (nSPS) is 15.9. The minimum absolute atomic E-state index is 0.197. The molecule has 2 aromatic carbocycles. The van der Waals surface area contributed by atoms with Crippen LogP contribution in [-0.4, -0.2) is 36.8 Å². The Kier molecular flexibility index (Phi) is 6.58. The zero-order chi connectivity index (χ0) is 22.5. The molecule has 4 rings (SSSR count). The third-order valence-electron chi connectivity index (χ3n) is 5.58. The highest BCUT2D eigenvalue weighted by Gasteiger charge is 2.21. The number of nitrogens with one attached hydrogen (secondary N) is 2. The first kappa shape index (κ1) is 21.7. The van der Waals surface area contributed by atoms with Gasteiger partial charge in [-0.1, -0.05) is 0 Å². The highest BCUT2D eigenvalue weighted by Crippen LogP contribution is 2.29. The fraction of sp³-hybridized carbons (Fsp3) is 0.333. The van der Waals surface area contributed by atoms with Crippen molar-refractivity contribution in [1.82, 2.24) is 9.97 Å². The smallest absolute Gasteiger partial charge is 0.231 e. The van der Waals surface area contributed by atoms with Crippen molar-refractivity contribution in [2.24, 2.45) is 0 Å². The van der Waals surface area contributed by atoms with Crippen LogP contribution in [0.2, 0.25) is 0 Å². The summed E-state index contributed by atoms with van der Waals surface area (Å²) in [5, 5.41) is 6.47. The third kappa shape index (κ3) is 5.01. The lowest BCUT2D eigenvalue weighted by atomic mass is 10.0. The number of ether oxygens (including phenoxy) is 2. The minimum atomic E-state index is -0.437. The van der Waals surface area contributed by atoms with Gasteiger partial charge >= 0.3 is 0 Å². The van der Waals surface area contributed by atoms with Gasteiger partial charge in [0.25, 0.3) is 0 Å². The number of rotatable bonds is 7. The van der Waals surface area contributed by atoms with Gasteiger partial charge in [0, 0.05) is 36.1 Å². The number of benzene rings is 2. The number of hydrogen-bond acceptors (Lipinski definition) is 7. The van der Waals surface area contributed by atoms with E-state index in [1.807, 2.05) is 30.3 Å². The maximum Gasteiger partial charge on any atom is 0.231 e. The van der Waals surface area contributed by atoms with Crippen LogP contribution in [0.25, 0.3) is 0 Å². The molecule has 1 aliphatic heterocycles. The molecule has 1 aromatic heterocycles. The first-order valence-electron chi connectivity index (χ1n) is 10.7. The molecule has 32 heavy (non-hydrogen) atoms. The summed E-state index contributed by atoms with van der Waals surface area (Å²) in [7, 11) is 3.08. The Morgan fingerprint density at radius 2 is 1.72 bits per heavy atom. The van der Waals surface area contributed by atoms with Gasteiger partial charge in [-0.05, 0) is 62.6 Å². The van der Waals surface area contributed by atoms with Crippen LogP contribution in [0, 0.1) is 5.82 Å². The fourth-order valence-electron chi connectivity index (χ4n) is 3.84. The van der Waals surface area contributed by atoms with E-state index in [4.69, 9.17) is 14.5 Å². The van der Waals surface area contributed by atoms with Gasteiger partial charge in [-0.2, -0.15) is 9.97 Å². The minimum Gasteiger partial charge on any atom is -0.497 e. The monoisotopic (exact) mass is 437 g/mol. The average molecular weight is 438 g/mol. The molecule has 2 heterocycles. The molecule has 168 valence electrons. The van der Waals surface area contributed by atoms with E-state index in [0.717, 1.165) is 36.6 Å². The highest BCUT2D eigenvalue weighted by atomic mass is 19.1. The summed E-state index contributed by atoms with van der Waals surface area (Å²) in [5.74, 6) is 2.40. The van der Waals surface area contributed by atoms with Crippen molar-refractivity contribution in [3.8, 4) is 11.5 Å². The lowest BCUT2D eigenvalue weighted by Crippen LogP contribution is -2.38. The molecule has 0 saturated carbocycles. The molecule has 0 amide bonds. The standard InChI is InChI=1S/C24H28FN5O2/c1-16-6-4-5-13-30(16)23-15-22(26-18-9-12-21(32-3)20(25)14-18)28-24(29-23)27-17-7-10-19(31-2)11-8-17/h7-12,14-16H,4-6,13H2,1-3H3,(H2,26,27,28,29). The molecular weight excluding hydrogens is 409 g/mol. The second-order valence-electron chi connectivity index (χ2n) is 7.80. The van der Waals surface area contributed by atoms with E-state index < -0.39 is 5.82 Å². The van der Waals surface area contributed by atoms with Crippen molar-refractivity contribution < 1.29 is 13.9 Å². The van der Waals surface area contributed by atoms with Crippen molar-refractivity contribution in [3.05, 3.63) is 54.3 Å². The van der Waals surface area contributed by atoms with Gasteiger partial charge in [0.1, 0.15) is 17.4 Å². The molecule has 1 atom stereocenters. The number of nitrogens with zero attached hydrogens (tertiary/aromatic N) is 3. The number of piperidine rings is 1. The van der Waals surface area contributed by atoms with Crippen LogP contribution >= 0.6 is 0 Å². The molecule has 3 aromatic rings. The van der Waals surface area contributed by atoms with Gasteiger partial charge in [-0.25, -0.2) is 4.39 Å². The quantitative estimate of drug-likeness (QED) is 0.506. The largest absolute Gasteiger partial charge is 0.497 e. The summed E-state index contributed by atoms with van der Waals surface area (Å²) in [6.45, 7) is 3.15. The fourth-order valence-corrected chi connectivity index (χ4v) is 3.84. The predicted octanol–water partition coefficient (Wildman–Crippen LogP) is 5.50. The molecule has 8 heteroatoms. The highest BCUT2D eigenvalue weighted by molar-refractivity contribution is 5.65. The molecular formula is C24H28FN5O2. The topological polar surface area (TPSA) is 71.5 Å². The van der Waals surface area contributed by atoms with Gasteiger partial charge in [-0.15, -0.1) is 0 Å². The maximum atomic E-state index is 14.2. The number of hydrogen-bond donors (Lipinski definition) is 2. The molecule has 2 N–H and O–H groups in total. The summed E-state index contributed by atoms with van der Waals surface area (Å²) >= 11 is 0. The molecule has 0 radical (unpaired) electrons. The molecule has 1 unspecified atom stereocenters. The number of halogens is 1. The van der Waals surface area contributed by atoms with Crippen LogP contribution < -0.4 is 25.0 Å². The summed E-state index contributed by atoms with van der Waals surface area (Å²) in [6, 6.07) is 14.6. The first-order chi connectivity index (χ1) is 15.6. The first-order valence-corrected chi connectivity index (χ1v) is 10.7. The van der Waals surface area contributed by atoms with Crippen molar-refractivity contribution >= 4 is 29.0 Å². The molecule has 1 aliphatic rings.